The van der Waals surface area contributed by atoms with E-state index >= 15 is 0 Å². The Bertz CT molecular complexity index is 1060. The van der Waals surface area contributed by atoms with Gasteiger partial charge in [-0.25, -0.2) is 15.0 Å². The minimum atomic E-state index is 0.822. The van der Waals surface area contributed by atoms with E-state index in [1.807, 2.05) is 6.08 Å². The van der Waals surface area contributed by atoms with E-state index in [2.05, 4.69) is 50.2 Å². The molecular formula is C23H26N4. The molecule has 0 atom stereocenters. The molecule has 2 aromatic heterocycles. The van der Waals surface area contributed by atoms with Crippen molar-refractivity contribution in [3.63, 3.8) is 0 Å². The van der Waals surface area contributed by atoms with E-state index < -0.39 is 0 Å². The highest BCUT2D eigenvalue weighted by molar-refractivity contribution is 5.87. The Morgan fingerprint density at radius 1 is 1.11 bits per heavy atom. The third kappa shape index (κ3) is 3.20. The van der Waals surface area contributed by atoms with Crippen LogP contribution in [0.15, 0.2) is 30.9 Å². The Balaban J connectivity index is 1.65. The van der Waals surface area contributed by atoms with Crippen molar-refractivity contribution in [1.29, 1.82) is 0 Å². The fraction of sp³-hybridized carbons (Fsp3) is 0.348. The van der Waals surface area contributed by atoms with Crippen LogP contribution in [0.25, 0.3) is 17.1 Å². The van der Waals surface area contributed by atoms with Crippen LogP contribution in [-0.2, 0) is 32.7 Å². The number of hydrogen-bond donors (Lipinski definition) is 0. The summed E-state index contributed by atoms with van der Waals surface area (Å²) in [6.07, 6.45) is 11.0. The molecule has 1 aromatic carbocycles. The van der Waals surface area contributed by atoms with Crippen molar-refractivity contribution in [2.45, 2.75) is 46.0 Å². The summed E-state index contributed by atoms with van der Waals surface area (Å²) in [6, 6.07) is 4.31. The van der Waals surface area contributed by atoms with Gasteiger partial charge in [0, 0.05) is 36.8 Å². The van der Waals surface area contributed by atoms with Crippen LogP contribution in [0.5, 0.6) is 0 Å². The monoisotopic (exact) mass is 358 g/mol. The number of aryl methyl sites for hydroxylation is 6. The number of allylic oxidation sites excluding steroid dienone is 2. The maximum atomic E-state index is 4.96. The van der Waals surface area contributed by atoms with E-state index in [0.717, 1.165) is 54.1 Å². The van der Waals surface area contributed by atoms with E-state index in [-0.39, 0.29) is 0 Å². The number of fused-ring (bicyclic) bond motifs is 2. The van der Waals surface area contributed by atoms with Crippen LogP contribution >= 0.6 is 0 Å². The van der Waals surface area contributed by atoms with Crippen LogP contribution in [0.1, 0.15) is 46.1 Å². The average Bonchev–Trinajstić information content (AvgIpc) is 3.24. The summed E-state index contributed by atoms with van der Waals surface area (Å²) in [6.45, 7) is 8.02. The number of aromatic nitrogens is 4. The van der Waals surface area contributed by atoms with E-state index in [1.54, 1.807) is 6.08 Å². The van der Waals surface area contributed by atoms with Gasteiger partial charge in [0.1, 0.15) is 11.6 Å². The molecule has 0 amide bonds. The van der Waals surface area contributed by atoms with Gasteiger partial charge in [-0.05, 0) is 50.3 Å². The molecule has 4 rings (SSSR count). The number of benzene rings is 1. The minimum absolute atomic E-state index is 0.822. The first-order chi connectivity index (χ1) is 13.1. The molecule has 0 saturated heterocycles. The molecule has 138 valence electrons. The molecule has 3 aromatic rings. The molecule has 1 aliphatic carbocycles. The smallest absolute Gasteiger partial charge is 0.129 e. The van der Waals surface area contributed by atoms with E-state index in [0.29, 0.717) is 0 Å². The minimum Gasteiger partial charge on any atom is -0.331 e. The summed E-state index contributed by atoms with van der Waals surface area (Å²) in [5.74, 6) is 2.02. The first-order valence-corrected chi connectivity index (χ1v) is 9.67. The van der Waals surface area contributed by atoms with Crippen LogP contribution in [0.4, 0.5) is 0 Å². The Hall–Kier alpha value is -2.75. The normalized spacial score (nSPS) is 13.6. The first-order valence-electron chi connectivity index (χ1n) is 9.67. The largest absolute Gasteiger partial charge is 0.331 e. The highest BCUT2D eigenvalue weighted by atomic mass is 15.1. The molecule has 0 saturated carbocycles. The van der Waals surface area contributed by atoms with Crippen molar-refractivity contribution in [2.24, 2.45) is 7.05 Å². The Labute approximate surface area is 160 Å². The van der Waals surface area contributed by atoms with Crippen molar-refractivity contribution < 1.29 is 0 Å². The van der Waals surface area contributed by atoms with Crippen LogP contribution in [0.2, 0.25) is 0 Å². The molecule has 0 bridgehead atoms. The quantitative estimate of drug-likeness (QED) is 0.633. The molecule has 0 fully saturated rings. The van der Waals surface area contributed by atoms with Crippen molar-refractivity contribution in [3.05, 3.63) is 70.6 Å². The second kappa shape index (κ2) is 7.10. The van der Waals surface area contributed by atoms with Gasteiger partial charge in [0.05, 0.1) is 11.0 Å². The lowest BCUT2D eigenvalue weighted by Crippen LogP contribution is -2.07. The number of imidazole rings is 1. The van der Waals surface area contributed by atoms with Crippen molar-refractivity contribution in [3.8, 4) is 0 Å². The Morgan fingerprint density at radius 2 is 1.96 bits per heavy atom. The summed E-state index contributed by atoms with van der Waals surface area (Å²) in [5.41, 5.74) is 8.39. The van der Waals surface area contributed by atoms with Crippen molar-refractivity contribution in [1.82, 2.24) is 19.5 Å². The summed E-state index contributed by atoms with van der Waals surface area (Å²) in [5, 5.41) is 0. The van der Waals surface area contributed by atoms with Crippen molar-refractivity contribution in [2.75, 3.05) is 0 Å². The average molecular weight is 358 g/mol. The Morgan fingerprint density at radius 3 is 2.78 bits per heavy atom. The second-order valence-corrected chi connectivity index (χ2v) is 7.35. The first kappa shape index (κ1) is 17.7. The number of rotatable bonds is 5. The molecule has 2 heterocycles. The SMILES string of the molecule is C=C/C=C\c1c(C)ccc2c1nc(CCc1nc(C)c3c(n1)CCC3)n2C. The van der Waals surface area contributed by atoms with Crippen LogP contribution in [-0.4, -0.2) is 19.5 Å². The highest BCUT2D eigenvalue weighted by Gasteiger charge is 2.18. The van der Waals surface area contributed by atoms with E-state index in [1.165, 1.54) is 28.8 Å². The third-order valence-electron chi connectivity index (χ3n) is 5.56. The molecule has 27 heavy (non-hydrogen) atoms. The predicted molar refractivity (Wildman–Crippen MR) is 111 cm³/mol. The van der Waals surface area contributed by atoms with Crippen LogP contribution < -0.4 is 0 Å². The van der Waals surface area contributed by atoms with Gasteiger partial charge in [-0.3, -0.25) is 0 Å². The number of hydrogen-bond acceptors (Lipinski definition) is 3. The fourth-order valence-corrected chi connectivity index (χ4v) is 4.05. The maximum Gasteiger partial charge on any atom is 0.129 e. The number of nitrogens with zero attached hydrogens (tertiary/aromatic N) is 4. The van der Waals surface area contributed by atoms with Gasteiger partial charge in [-0.2, -0.15) is 0 Å². The zero-order chi connectivity index (χ0) is 19.0. The topological polar surface area (TPSA) is 43.6 Å². The highest BCUT2D eigenvalue weighted by Crippen LogP contribution is 2.25. The van der Waals surface area contributed by atoms with Gasteiger partial charge >= 0.3 is 0 Å². The molecule has 4 heteroatoms. The predicted octanol–water partition coefficient (Wildman–Crippen LogP) is 4.45. The second-order valence-electron chi connectivity index (χ2n) is 7.35. The molecule has 0 unspecified atom stereocenters. The lowest BCUT2D eigenvalue weighted by Gasteiger charge is -2.07. The Kier molecular flexibility index (Phi) is 4.65. The molecule has 0 aliphatic heterocycles. The van der Waals surface area contributed by atoms with Gasteiger partial charge in [0.15, 0.2) is 0 Å². The van der Waals surface area contributed by atoms with Gasteiger partial charge in [-0.1, -0.05) is 30.9 Å². The molecule has 0 N–H and O–H groups in total. The molecule has 0 radical (unpaired) electrons. The molecule has 1 aliphatic rings. The third-order valence-corrected chi connectivity index (χ3v) is 5.56. The van der Waals surface area contributed by atoms with E-state index in [9.17, 15) is 0 Å². The summed E-state index contributed by atoms with van der Waals surface area (Å²) in [4.78, 5) is 14.5. The van der Waals surface area contributed by atoms with Gasteiger partial charge < -0.3 is 4.57 Å². The summed E-state index contributed by atoms with van der Waals surface area (Å²) < 4.78 is 2.19. The van der Waals surface area contributed by atoms with Crippen LogP contribution in [0.3, 0.4) is 0 Å². The standard InChI is InChI=1S/C23H26N4/c1-5-6-8-17-15(2)11-12-20-23(17)26-22(27(20)4)14-13-21-24-16(3)18-9-7-10-19(18)25-21/h5-6,8,11-12H,1,7,9-10,13-14H2,2-4H3/b8-6-. The van der Waals surface area contributed by atoms with E-state index in [4.69, 9.17) is 15.0 Å². The molecule has 4 nitrogen and oxygen atoms in total. The van der Waals surface area contributed by atoms with Gasteiger partial charge in [0.2, 0.25) is 0 Å². The van der Waals surface area contributed by atoms with Gasteiger partial charge in [0.25, 0.3) is 0 Å². The van der Waals surface area contributed by atoms with Crippen molar-refractivity contribution >= 4 is 17.1 Å². The van der Waals surface area contributed by atoms with Gasteiger partial charge in [-0.15, -0.1) is 0 Å². The lowest BCUT2D eigenvalue weighted by molar-refractivity contribution is 0.749. The lowest BCUT2D eigenvalue weighted by atomic mass is 10.1. The zero-order valence-corrected chi connectivity index (χ0v) is 16.4. The van der Waals surface area contributed by atoms with Crippen LogP contribution in [0, 0.1) is 13.8 Å². The molecule has 0 spiro atoms. The molecular weight excluding hydrogens is 332 g/mol. The maximum absolute atomic E-state index is 4.96. The fourth-order valence-electron chi connectivity index (χ4n) is 4.05. The summed E-state index contributed by atoms with van der Waals surface area (Å²) in [7, 11) is 2.09. The summed E-state index contributed by atoms with van der Waals surface area (Å²) >= 11 is 0. The zero-order valence-electron chi connectivity index (χ0n) is 16.4.